The summed E-state index contributed by atoms with van der Waals surface area (Å²) in [5.74, 6) is -1.51. The van der Waals surface area contributed by atoms with Crippen molar-refractivity contribution in [3.63, 3.8) is 0 Å². The molecule has 1 aromatic rings. The van der Waals surface area contributed by atoms with E-state index in [9.17, 15) is 13.2 Å². The van der Waals surface area contributed by atoms with Gasteiger partial charge in [0, 0.05) is 0 Å². The maximum Gasteiger partial charge on any atom is 0.322 e. The van der Waals surface area contributed by atoms with Gasteiger partial charge in [0.05, 0.1) is 4.90 Å². The Bertz CT molecular complexity index is 520. The summed E-state index contributed by atoms with van der Waals surface area (Å²) in [6.45, 7) is 5.14. The molecule has 18 heavy (non-hydrogen) atoms. The second-order valence-electron chi connectivity index (χ2n) is 4.49. The first kappa shape index (κ1) is 14.7. The molecule has 1 atom stereocenters. The molecule has 0 bridgehead atoms. The highest BCUT2D eigenvalue weighted by atomic mass is 32.2. The van der Waals surface area contributed by atoms with Crippen LogP contribution in [0.4, 0.5) is 0 Å². The van der Waals surface area contributed by atoms with Gasteiger partial charge in [-0.1, -0.05) is 31.5 Å². The summed E-state index contributed by atoms with van der Waals surface area (Å²) in [5.41, 5.74) is 0.938. The van der Waals surface area contributed by atoms with Crippen LogP contribution in [0, 0.1) is 12.8 Å². The number of carbonyl (C=O) groups is 1. The number of sulfonamides is 1. The molecule has 0 heterocycles. The third-order valence-corrected chi connectivity index (χ3v) is 4.00. The van der Waals surface area contributed by atoms with E-state index in [4.69, 9.17) is 5.11 Å². The normalized spacial score (nSPS) is 13.6. The van der Waals surface area contributed by atoms with Gasteiger partial charge in [0.1, 0.15) is 6.04 Å². The molecule has 0 radical (unpaired) electrons. The number of rotatable bonds is 5. The van der Waals surface area contributed by atoms with E-state index in [1.54, 1.807) is 26.0 Å². The van der Waals surface area contributed by atoms with Crippen LogP contribution in [0.25, 0.3) is 0 Å². The lowest BCUT2D eigenvalue weighted by molar-refractivity contribution is -0.140. The molecular weight excluding hydrogens is 254 g/mol. The topological polar surface area (TPSA) is 83.5 Å². The minimum atomic E-state index is -3.80. The number of carboxylic acids is 1. The first-order valence-corrected chi connectivity index (χ1v) is 7.04. The van der Waals surface area contributed by atoms with E-state index >= 15 is 0 Å². The number of hydrogen-bond acceptors (Lipinski definition) is 3. The van der Waals surface area contributed by atoms with Crippen LogP contribution in [0.15, 0.2) is 29.2 Å². The van der Waals surface area contributed by atoms with Crippen LogP contribution >= 0.6 is 0 Å². The van der Waals surface area contributed by atoms with E-state index in [-0.39, 0.29) is 10.8 Å². The van der Waals surface area contributed by atoms with Crippen molar-refractivity contribution in [2.24, 2.45) is 5.92 Å². The van der Waals surface area contributed by atoms with Crippen molar-refractivity contribution in [3.05, 3.63) is 29.8 Å². The van der Waals surface area contributed by atoms with E-state index in [2.05, 4.69) is 4.72 Å². The van der Waals surface area contributed by atoms with Crippen molar-refractivity contribution in [2.45, 2.75) is 31.7 Å². The van der Waals surface area contributed by atoms with Crippen molar-refractivity contribution in [3.8, 4) is 0 Å². The summed E-state index contributed by atoms with van der Waals surface area (Å²) in [6, 6.07) is 5.11. The van der Waals surface area contributed by atoms with Gasteiger partial charge >= 0.3 is 5.97 Å². The fourth-order valence-electron chi connectivity index (χ4n) is 1.42. The Kier molecular flexibility index (Phi) is 4.48. The second-order valence-corrected chi connectivity index (χ2v) is 6.21. The quantitative estimate of drug-likeness (QED) is 0.847. The maximum absolute atomic E-state index is 12.0. The van der Waals surface area contributed by atoms with Crippen molar-refractivity contribution < 1.29 is 18.3 Å². The Labute approximate surface area is 107 Å². The van der Waals surface area contributed by atoms with Gasteiger partial charge in [-0.25, -0.2) is 8.42 Å². The van der Waals surface area contributed by atoms with Crippen LogP contribution in [0.3, 0.4) is 0 Å². The van der Waals surface area contributed by atoms with Crippen LogP contribution < -0.4 is 4.72 Å². The smallest absolute Gasteiger partial charge is 0.322 e. The zero-order chi connectivity index (χ0) is 13.9. The minimum Gasteiger partial charge on any atom is -0.480 e. The number of aryl methyl sites for hydroxylation is 1. The zero-order valence-electron chi connectivity index (χ0n) is 10.5. The third-order valence-electron chi connectivity index (χ3n) is 2.55. The van der Waals surface area contributed by atoms with Crippen LogP contribution in [0.2, 0.25) is 0 Å². The highest BCUT2D eigenvalue weighted by molar-refractivity contribution is 7.89. The third kappa shape index (κ3) is 3.54. The standard InChI is InChI=1S/C12H17NO4S/c1-8(2)11(12(14)15)13-18(16,17)10-6-4-9(3)5-7-10/h4-8,11,13H,1-3H3,(H,14,15)/t11-/m0/s1. The number of hydrogen-bond donors (Lipinski definition) is 2. The molecule has 0 saturated heterocycles. The van der Waals surface area contributed by atoms with Crippen LogP contribution in [-0.4, -0.2) is 25.5 Å². The highest BCUT2D eigenvalue weighted by Gasteiger charge is 2.27. The van der Waals surface area contributed by atoms with Crippen molar-refractivity contribution >= 4 is 16.0 Å². The molecule has 0 saturated carbocycles. The fraction of sp³-hybridized carbons (Fsp3) is 0.417. The predicted octanol–water partition coefficient (Wildman–Crippen LogP) is 1.38. The Morgan fingerprint density at radius 3 is 2.11 bits per heavy atom. The summed E-state index contributed by atoms with van der Waals surface area (Å²) in [7, 11) is -3.80. The first-order valence-electron chi connectivity index (χ1n) is 5.56. The molecule has 0 amide bonds. The lowest BCUT2D eigenvalue weighted by Gasteiger charge is -2.17. The summed E-state index contributed by atoms with van der Waals surface area (Å²) < 4.78 is 26.2. The van der Waals surface area contributed by atoms with Crippen LogP contribution in [-0.2, 0) is 14.8 Å². The van der Waals surface area contributed by atoms with Gasteiger partial charge in [-0.3, -0.25) is 4.79 Å². The molecule has 0 aliphatic carbocycles. The molecule has 1 rings (SSSR count). The molecule has 0 aliphatic rings. The SMILES string of the molecule is Cc1ccc(S(=O)(=O)N[C@H](C(=O)O)C(C)C)cc1. The summed E-state index contributed by atoms with van der Waals surface area (Å²) in [4.78, 5) is 11.0. The Hall–Kier alpha value is -1.40. The van der Waals surface area contributed by atoms with Gasteiger partial charge in [-0.05, 0) is 25.0 Å². The monoisotopic (exact) mass is 271 g/mol. The molecule has 1 aromatic carbocycles. The van der Waals surface area contributed by atoms with E-state index in [0.29, 0.717) is 0 Å². The molecular formula is C12H17NO4S. The first-order chi connectivity index (χ1) is 8.24. The molecule has 0 aliphatic heterocycles. The largest absolute Gasteiger partial charge is 0.480 e. The van der Waals surface area contributed by atoms with Crippen LogP contribution in [0.1, 0.15) is 19.4 Å². The zero-order valence-corrected chi connectivity index (χ0v) is 11.4. The van der Waals surface area contributed by atoms with E-state index < -0.39 is 22.0 Å². The van der Waals surface area contributed by atoms with Crippen LogP contribution in [0.5, 0.6) is 0 Å². The minimum absolute atomic E-state index is 0.0694. The fourth-order valence-corrected chi connectivity index (χ4v) is 2.76. The Morgan fingerprint density at radius 2 is 1.72 bits per heavy atom. The number of carboxylic acid groups (broad SMARTS) is 1. The van der Waals surface area contributed by atoms with Gasteiger partial charge in [0.2, 0.25) is 10.0 Å². The lowest BCUT2D eigenvalue weighted by Crippen LogP contribution is -2.44. The Balaban J connectivity index is 3.01. The lowest BCUT2D eigenvalue weighted by atomic mass is 10.1. The number of benzene rings is 1. The van der Waals surface area contributed by atoms with Gasteiger partial charge < -0.3 is 5.11 Å². The molecule has 0 unspecified atom stereocenters. The highest BCUT2D eigenvalue weighted by Crippen LogP contribution is 2.12. The van der Waals surface area contributed by atoms with Gasteiger partial charge in [-0.15, -0.1) is 0 Å². The van der Waals surface area contributed by atoms with Crippen molar-refractivity contribution in [1.82, 2.24) is 4.72 Å². The molecule has 2 N–H and O–H groups in total. The summed E-state index contributed by atoms with van der Waals surface area (Å²) >= 11 is 0. The summed E-state index contributed by atoms with van der Waals surface area (Å²) in [5, 5.41) is 8.97. The molecule has 0 spiro atoms. The average molecular weight is 271 g/mol. The van der Waals surface area contributed by atoms with Gasteiger partial charge in [0.25, 0.3) is 0 Å². The van der Waals surface area contributed by atoms with Gasteiger partial charge in [0.15, 0.2) is 0 Å². The molecule has 5 nitrogen and oxygen atoms in total. The maximum atomic E-state index is 12.0. The predicted molar refractivity (Wildman–Crippen MR) is 67.8 cm³/mol. The summed E-state index contributed by atoms with van der Waals surface area (Å²) in [6.07, 6.45) is 0. The van der Waals surface area contributed by atoms with E-state index in [1.807, 2.05) is 6.92 Å². The number of aliphatic carboxylic acids is 1. The molecule has 6 heteroatoms. The Morgan fingerprint density at radius 1 is 1.22 bits per heavy atom. The number of nitrogens with one attached hydrogen (secondary N) is 1. The molecule has 0 fully saturated rings. The second kappa shape index (κ2) is 5.49. The van der Waals surface area contributed by atoms with Crippen molar-refractivity contribution in [2.75, 3.05) is 0 Å². The van der Waals surface area contributed by atoms with E-state index in [1.165, 1.54) is 12.1 Å². The molecule has 0 aromatic heterocycles. The van der Waals surface area contributed by atoms with Gasteiger partial charge in [-0.2, -0.15) is 4.72 Å². The van der Waals surface area contributed by atoms with E-state index in [0.717, 1.165) is 5.56 Å². The average Bonchev–Trinajstić information content (AvgIpc) is 2.26. The molecule has 100 valence electrons. The van der Waals surface area contributed by atoms with Crippen molar-refractivity contribution in [1.29, 1.82) is 0 Å².